The van der Waals surface area contributed by atoms with Crippen molar-refractivity contribution in [2.24, 2.45) is 0 Å². The van der Waals surface area contributed by atoms with Crippen molar-refractivity contribution in [2.75, 3.05) is 31.6 Å². The summed E-state index contributed by atoms with van der Waals surface area (Å²) in [7, 11) is 0. The second-order valence-corrected chi connectivity index (χ2v) is 3.82. The molecule has 1 saturated heterocycles. The molecule has 6 nitrogen and oxygen atoms in total. The van der Waals surface area contributed by atoms with Gasteiger partial charge in [0.1, 0.15) is 0 Å². The van der Waals surface area contributed by atoms with E-state index in [0.717, 1.165) is 0 Å². The van der Waals surface area contributed by atoms with Crippen LogP contribution in [0.2, 0.25) is 0 Å². The number of nitrogens with one attached hydrogen (secondary N) is 1. The predicted octanol–water partition coefficient (Wildman–Crippen LogP) is 0.0747. The molecule has 1 aliphatic heterocycles. The molecule has 0 saturated carbocycles. The summed E-state index contributed by atoms with van der Waals surface area (Å²) >= 11 is 5.10. The van der Waals surface area contributed by atoms with E-state index in [2.05, 4.69) is 15.3 Å². The smallest absolute Gasteiger partial charge is 0.285 e. The zero-order chi connectivity index (χ0) is 12.1. The topological polar surface area (TPSA) is 67.4 Å². The van der Waals surface area contributed by atoms with Gasteiger partial charge in [-0.2, -0.15) is 0 Å². The highest BCUT2D eigenvalue weighted by Crippen LogP contribution is 2.02. The van der Waals surface area contributed by atoms with Gasteiger partial charge in [-0.3, -0.25) is 10.1 Å². The van der Waals surface area contributed by atoms with Gasteiger partial charge in [0.2, 0.25) is 5.95 Å². The molecular formula is C10H12N4O2S. The molecule has 7 heteroatoms. The van der Waals surface area contributed by atoms with E-state index in [1.165, 1.54) is 0 Å². The van der Waals surface area contributed by atoms with Crippen molar-refractivity contribution in [3.8, 4) is 0 Å². The number of morpholine rings is 1. The monoisotopic (exact) mass is 252 g/mol. The molecular weight excluding hydrogens is 240 g/mol. The molecule has 90 valence electrons. The van der Waals surface area contributed by atoms with Gasteiger partial charge in [-0.25, -0.2) is 9.97 Å². The minimum absolute atomic E-state index is 0.251. The first kappa shape index (κ1) is 11.9. The number of carbonyl (C=O) groups is 1. The molecule has 0 radical (unpaired) electrons. The summed E-state index contributed by atoms with van der Waals surface area (Å²) in [4.78, 5) is 21.7. The number of amides is 1. The fourth-order valence-electron chi connectivity index (χ4n) is 1.43. The molecule has 0 aromatic carbocycles. The molecule has 0 atom stereocenters. The molecule has 17 heavy (non-hydrogen) atoms. The molecule has 0 aliphatic carbocycles. The van der Waals surface area contributed by atoms with Gasteiger partial charge in [-0.1, -0.05) is 12.2 Å². The highest BCUT2D eigenvalue weighted by Gasteiger charge is 2.20. The van der Waals surface area contributed by atoms with Crippen LogP contribution in [0.1, 0.15) is 0 Å². The summed E-state index contributed by atoms with van der Waals surface area (Å²) in [5, 5.41) is 2.55. The quantitative estimate of drug-likeness (QED) is 0.714. The Morgan fingerprint density at radius 1 is 1.35 bits per heavy atom. The van der Waals surface area contributed by atoms with Gasteiger partial charge in [0.25, 0.3) is 5.91 Å². The minimum atomic E-state index is -0.354. The Kier molecular flexibility index (Phi) is 3.94. The standard InChI is InChI=1S/C10H12N4O2S/c15-8(13-10-11-2-1-3-12-10)9(17)14-4-6-16-7-5-14/h1-3H,4-7H2,(H,11,12,13,15). The summed E-state index contributed by atoms with van der Waals surface area (Å²) < 4.78 is 5.19. The summed E-state index contributed by atoms with van der Waals surface area (Å²) in [6, 6.07) is 1.68. The van der Waals surface area contributed by atoms with Crippen LogP contribution in [0.25, 0.3) is 0 Å². The molecule has 0 bridgehead atoms. The number of thiocarbonyl (C=S) groups is 1. The molecule has 1 fully saturated rings. The van der Waals surface area contributed by atoms with E-state index in [-0.39, 0.29) is 16.8 Å². The van der Waals surface area contributed by atoms with Gasteiger partial charge < -0.3 is 9.64 Å². The van der Waals surface area contributed by atoms with Crippen molar-refractivity contribution in [2.45, 2.75) is 0 Å². The summed E-state index contributed by atoms with van der Waals surface area (Å²) in [5.41, 5.74) is 0. The molecule has 0 unspecified atom stereocenters. The molecule has 1 aromatic heterocycles. The number of hydrogen-bond donors (Lipinski definition) is 1. The first-order valence-corrected chi connectivity index (χ1v) is 5.63. The van der Waals surface area contributed by atoms with Crippen LogP contribution < -0.4 is 5.32 Å². The van der Waals surface area contributed by atoms with Gasteiger partial charge >= 0.3 is 0 Å². The first-order chi connectivity index (χ1) is 8.27. The van der Waals surface area contributed by atoms with Crippen LogP contribution in [0.15, 0.2) is 18.5 Å². The van der Waals surface area contributed by atoms with Gasteiger partial charge in [-0.05, 0) is 6.07 Å². The van der Waals surface area contributed by atoms with Gasteiger partial charge in [0, 0.05) is 25.5 Å². The predicted molar refractivity (Wildman–Crippen MR) is 65.7 cm³/mol. The third-order valence-corrected chi connectivity index (χ3v) is 2.73. The van der Waals surface area contributed by atoms with Crippen LogP contribution in [0.4, 0.5) is 5.95 Å². The van der Waals surface area contributed by atoms with Crippen LogP contribution in [0.5, 0.6) is 0 Å². The SMILES string of the molecule is O=C(Nc1ncccn1)C(=S)N1CCOCC1. The van der Waals surface area contributed by atoms with Crippen LogP contribution in [-0.4, -0.2) is 52.1 Å². The fraction of sp³-hybridized carbons (Fsp3) is 0.400. The minimum Gasteiger partial charge on any atom is -0.378 e. The second-order valence-electron chi connectivity index (χ2n) is 3.43. The molecule has 1 aromatic rings. The zero-order valence-corrected chi connectivity index (χ0v) is 9.94. The Hall–Kier alpha value is -1.60. The summed E-state index contributed by atoms with van der Waals surface area (Å²) in [6.45, 7) is 2.47. The maximum Gasteiger partial charge on any atom is 0.285 e. The van der Waals surface area contributed by atoms with Crippen molar-refractivity contribution >= 4 is 29.1 Å². The van der Waals surface area contributed by atoms with Crippen LogP contribution in [0.3, 0.4) is 0 Å². The summed E-state index contributed by atoms with van der Waals surface area (Å²) in [6.07, 6.45) is 3.11. The zero-order valence-electron chi connectivity index (χ0n) is 9.13. The van der Waals surface area contributed by atoms with E-state index < -0.39 is 0 Å². The third kappa shape index (κ3) is 3.18. The maximum atomic E-state index is 11.8. The van der Waals surface area contributed by atoms with E-state index in [9.17, 15) is 4.79 Å². The fourth-order valence-corrected chi connectivity index (χ4v) is 1.66. The van der Waals surface area contributed by atoms with Gasteiger partial charge in [-0.15, -0.1) is 0 Å². The lowest BCUT2D eigenvalue weighted by atomic mass is 10.4. The normalized spacial score (nSPS) is 15.4. The summed E-state index contributed by atoms with van der Waals surface area (Å²) in [5.74, 6) is -0.0961. The number of nitrogens with zero attached hydrogens (tertiary/aromatic N) is 3. The number of rotatable bonds is 1. The van der Waals surface area contributed by atoms with Crippen molar-refractivity contribution in [1.82, 2.24) is 14.9 Å². The van der Waals surface area contributed by atoms with Crippen molar-refractivity contribution < 1.29 is 9.53 Å². The Morgan fingerprint density at radius 2 is 2.00 bits per heavy atom. The highest BCUT2D eigenvalue weighted by atomic mass is 32.1. The molecule has 0 spiro atoms. The number of carbonyl (C=O) groups excluding carboxylic acids is 1. The van der Waals surface area contributed by atoms with E-state index >= 15 is 0 Å². The largest absolute Gasteiger partial charge is 0.378 e. The molecule has 1 N–H and O–H groups in total. The van der Waals surface area contributed by atoms with Gasteiger partial charge in [0.05, 0.1) is 13.2 Å². The Bertz CT molecular complexity index is 406. The third-order valence-electron chi connectivity index (χ3n) is 2.28. The number of hydrogen-bond acceptors (Lipinski definition) is 5. The first-order valence-electron chi connectivity index (χ1n) is 5.22. The maximum absolute atomic E-state index is 11.8. The number of aromatic nitrogens is 2. The lowest BCUT2D eigenvalue weighted by Gasteiger charge is -2.28. The van der Waals surface area contributed by atoms with Crippen molar-refractivity contribution in [1.29, 1.82) is 0 Å². The lowest BCUT2D eigenvalue weighted by Crippen LogP contribution is -2.45. The molecule has 1 aliphatic rings. The second kappa shape index (κ2) is 5.65. The van der Waals surface area contributed by atoms with E-state index in [4.69, 9.17) is 17.0 Å². The molecule has 1 amide bonds. The highest BCUT2D eigenvalue weighted by molar-refractivity contribution is 7.82. The van der Waals surface area contributed by atoms with Gasteiger partial charge in [0.15, 0.2) is 4.99 Å². The van der Waals surface area contributed by atoms with Crippen LogP contribution in [0, 0.1) is 0 Å². The van der Waals surface area contributed by atoms with Crippen molar-refractivity contribution in [3.63, 3.8) is 0 Å². The van der Waals surface area contributed by atoms with Crippen molar-refractivity contribution in [3.05, 3.63) is 18.5 Å². The van der Waals surface area contributed by atoms with Crippen LogP contribution >= 0.6 is 12.2 Å². The number of ether oxygens (including phenoxy) is 1. The molecule has 2 heterocycles. The Morgan fingerprint density at radius 3 is 2.65 bits per heavy atom. The Labute approximate surface area is 104 Å². The van der Waals surface area contributed by atoms with E-state index in [0.29, 0.717) is 26.3 Å². The molecule has 2 rings (SSSR count). The van der Waals surface area contributed by atoms with Crippen LogP contribution in [-0.2, 0) is 9.53 Å². The Balaban J connectivity index is 1.93. The average molecular weight is 252 g/mol. The van der Waals surface area contributed by atoms with E-state index in [1.807, 2.05) is 4.90 Å². The average Bonchev–Trinajstić information content (AvgIpc) is 2.40. The lowest BCUT2D eigenvalue weighted by molar-refractivity contribution is -0.111. The van der Waals surface area contributed by atoms with E-state index in [1.54, 1.807) is 18.5 Å². The number of anilines is 1.